The molecule has 1 rings (SSSR count). The van der Waals surface area contributed by atoms with Gasteiger partial charge in [-0.2, -0.15) is 0 Å². The minimum atomic E-state index is 0.0685. The Labute approximate surface area is 89.3 Å². The lowest BCUT2D eigenvalue weighted by atomic mass is 10.4. The molecule has 0 radical (unpaired) electrons. The minimum Gasteiger partial charge on any atom is -0.356 e. The molecule has 0 atom stereocenters. The van der Waals surface area contributed by atoms with Gasteiger partial charge in [-0.3, -0.25) is 4.79 Å². The Hall–Kier alpha value is -1.49. The molecular weight excluding hydrogens is 192 g/mol. The average Bonchev–Trinajstić information content (AvgIpc) is 2.26. The number of carbonyl (C=O) groups is 1. The molecule has 2 N–H and O–H groups in total. The third kappa shape index (κ3) is 5.07. The van der Waals surface area contributed by atoms with Crippen molar-refractivity contribution in [3.63, 3.8) is 0 Å². The highest BCUT2D eigenvalue weighted by atomic mass is 16.1. The van der Waals surface area contributed by atoms with Crippen LogP contribution in [0.5, 0.6) is 0 Å². The molecule has 0 aliphatic heterocycles. The van der Waals surface area contributed by atoms with E-state index >= 15 is 0 Å². The number of aromatic nitrogens is 2. The maximum atomic E-state index is 11.1. The number of nitrogens with one attached hydrogen (secondary N) is 2. The first-order chi connectivity index (χ1) is 7.33. The van der Waals surface area contributed by atoms with Crippen molar-refractivity contribution >= 4 is 5.91 Å². The molecule has 0 aliphatic rings. The molecular formula is C10H16N4O. The van der Waals surface area contributed by atoms with Gasteiger partial charge >= 0.3 is 0 Å². The van der Waals surface area contributed by atoms with Crippen molar-refractivity contribution in [2.75, 3.05) is 13.1 Å². The number of rotatable bonds is 6. The molecule has 0 aliphatic carbocycles. The van der Waals surface area contributed by atoms with E-state index in [1.165, 1.54) is 0 Å². The van der Waals surface area contributed by atoms with E-state index in [1.54, 1.807) is 18.5 Å². The lowest BCUT2D eigenvalue weighted by Crippen LogP contribution is -2.27. The molecule has 5 nitrogen and oxygen atoms in total. The molecule has 0 spiro atoms. The zero-order chi connectivity index (χ0) is 10.9. The van der Waals surface area contributed by atoms with Crippen LogP contribution in [0, 0.1) is 0 Å². The molecule has 0 unspecified atom stereocenters. The third-order valence-electron chi connectivity index (χ3n) is 1.81. The van der Waals surface area contributed by atoms with Gasteiger partial charge in [0.05, 0.1) is 6.54 Å². The largest absolute Gasteiger partial charge is 0.356 e. The summed E-state index contributed by atoms with van der Waals surface area (Å²) in [5, 5.41) is 5.84. The van der Waals surface area contributed by atoms with E-state index in [1.807, 2.05) is 6.92 Å². The first kappa shape index (κ1) is 11.6. The highest BCUT2D eigenvalue weighted by Crippen LogP contribution is 1.86. The lowest BCUT2D eigenvalue weighted by molar-refractivity contribution is -0.120. The van der Waals surface area contributed by atoms with E-state index in [9.17, 15) is 4.79 Å². The second-order valence-corrected chi connectivity index (χ2v) is 3.05. The van der Waals surface area contributed by atoms with Gasteiger partial charge in [0.2, 0.25) is 5.91 Å². The van der Waals surface area contributed by atoms with Crippen LogP contribution < -0.4 is 10.6 Å². The standard InChI is InChI=1S/C10H16N4O/c1-2-12-10(15)4-7-11-8-9-13-5-3-6-14-9/h3,5-6,11H,2,4,7-8H2,1H3,(H,12,15). The molecule has 0 bridgehead atoms. The van der Waals surface area contributed by atoms with Gasteiger partial charge in [0.1, 0.15) is 5.82 Å². The Morgan fingerprint density at radius 2 is 2.13 bits per heavy atom. The van der Waals surface area contributed by atoms with Gasteiger partial charge < -0.3 is 10.6 Å². The highest BCUT2D eigenvalue weighted by Gasteiger charge is 1.98. The van der Waals surface area contributed by atoms with E-state index in [-0.39, 0.29) is 5.91 Å². The van der Waals surface area contributed by atoms with Crippen molar-refractivity contribution in [1.29, 1.82) is 0 Å². The van der Waals surface area contributed by atoms with E-state index in [0.717, 1.165) is 5.82 Å². The van der Waals surface area contributed by atoms with Crippen LogP contribution in [-0.4, -0.2) is 29.0 Å². The summed E-state index contributed by atoms with van der Waals surface area (Å²) in [5.74, 6) is 0.812. The summed E-state index contributed by atoms with van der Waals surface area (Å²) >= 11 is 0. The summed E-state index contributed by atoms with van der Waals surface area (Å²) < 4.78 is 0. The second kappa shape index (κ2) is 6.89. The summed E-state index contributed by atoms with van der Waals surface area (Å²) in [7, 11) is 0. The summed E-state index contributed by atoms with van der Waals surface area (Å²) in [4.78, 5) is 19.2. The molecule has 1 heterocycles. The summed E-state index contributed by atoms with van der Waals surface area (Å²) in [6, 6.07) is 1.78. The fourth-order valence-electron chi connectivity index (χ4n) is 1.11. The van der Waals surface area contributed by atoms with Gasteiger partial charge in [-0.05, 0) is 13.0 Å². The van der Waals surface area contributed by atoms with Crippen molar-refractivity contribution in [3.05, 3.63) is 24.3 Å². The van der Waals surface area contributed by atoms with Crippen LogP contribution in [0.15, 0.2) is 18.5 Å². The smallest absolute Gasteiger partial charge is 0.221 e. The van der Waals surface area contributed by atoms with Crippen LogP contribution in [0.25, 0.3) is 0 Å². The Bertz CT molecular complexity index is 289. The molecule has 5 heteroatoms. The number of nitrogens with zero attached hydrogens (tertiary/aromatic N) is 2. The van der Waals surface area contributed by atoms with Crippen molar-refractivity contribution in [2.45, 2.75) is 19.9 Å². The molecule has 1 aromatic heterocycles. The van der Waals surface area contributed by atoms with Crippen LogP contribution in [0.3, 0.4) is 0 Å². The first-order valence-corrected chi connectivity index (χ1v) is 5.06. The summed E-state index contributed by atoms with van der Waals surface area (Å²) in [5.41, 5.74) is 0. The Kier molecular flexibility index (Phi) is 5.32. The topological polar surface area (TPSA) is 66.9 Å². The summed E-state index contributed by atoms with van der Waals surface area (Å²) in [6.07, 6.45) is 3.89. The van der Waals surface area contributed by atoms with Crippen LogP contribution in [0.4, 0.5) is 0 Å². The second-order valence-electron chi connectivity index (χ2n) is 3.05. The van der Waals surface area contributed by atoms with Gasteiger partial charge in [0, 0.05) is 31.9 Å². The van der Waals surface area contributed by atoms with Crippen LogP contribution >= 0.6 is 0 Å². The number of amides is 1. The number of hydrogen-bond acceptors (Lipinski definition) is 4. The molecule has 0 saturated carbocycles. The van der Waals surface area contributed by atoms with E-state index in [2.05, 4.69) is 20.6 Å². The van der Waals surface area contributed by atoms with Crippen LogP contribution in [-0.2, 0) is 11.3 Å². The van der Waals surface area contributed by atoms with Crippen molar-refractivity contribution < 1.29 is 4.79 Å². The van der Waals surface area contributed by atoms with Gasteiger partial charge in [-0.15, -0.1) is 0 Å². The molecule has 15 heavy (non-hydrogen) atoms. The monoisotopic (exact) mass is 208 g/mol. The quantitative estimate of drug-likeness (QED) is 0.650. The SMILES string of the molecule is CCNC(=O)CCNCc1ncccn1. The van der Waals surface area contributed by atoms with Gasteiger partial charge in [-0.25, -0.2) is 9.97 Å². The van der Waals surface area contributed by atoms with E-state index in [0.29, 0.717) is 26.1 Å². The molecule has 0 saturated heterocycles. The zero-order valence-corrected chi connectivity index (χ0v) is 8.86. The predicted octanol–water partition coefficient (Wildman–Crippen LogP) is 0.0924. The average molecular weight is 208 g/mol. The predicted molar refractivity (Wildman–Crippen MR) is 57.0 cm³/mol. The van der Waals surface area contributed by atoms with Gasteiger partial charge in [0.15, 0.2) is 0 Å². The minimum absolute atomic E-state index is 0.0685. The molecule has 82 valence electrons. The first-order valence-electron chi connectivity index (χ1n) is 5.06. The van der Waals surface area contributed by atoms with Crippen LogP contribution in [0.1, 0.15) is 19.2 Å². The van der Waals surface area contributed by atoms with E-state index in [4.69, 9.17) is 0 Å². The Morgan fingerprint density at radius 1 is 1.40 bits per heavy atom. The van der Waals surface area contributed by atoms with E-state index < -0.39 is 0 Å². The fourth-order valence-corrected chi connectivity index (χ4v) is 1.11. The van der Waals surface area contributed by atoms with Crippen molar-refractivity contribution in [3.8, 4) is 0 Å². The Morgan fingerprint density at radius 3 is 2.80 bits per heavy atom. The number of hydrogen-bond donors (Lipinski definition) is 2. The molecule has 1 amide bonds. The maximum absolute atomic E-state index is 11.1. The van der Waals surface area contributed by atoms with Gasteiger partial charge in [-0.1, -0.05) is 0 Å². The van der Waals surface area contributed by atoms with Crippen molar-refractivity contribution in [2.24, 2.45) is 0 Å². The molecule has 0 aromatic carbocycles. The lowest BCUT2D eigenvalue weighted by Gasteiger charge is -2.03. The Balaban J connectivity index is 2.10. The van der Waals surface area contributed by atoms with Crippen LogP contribution in [0.2, 0.25) is 0 Å². The third-order valence-corrected chi connectivity index (χ3v) is 1.81. The normalized spacial score (nSPS) is 9.93. The fraction of sp³-hybridized carbons (Fsp3) is 0.500. The number of carbonyl (C=O) groups excluding carboxylic acids is 1. The summed E-state index contributed by atoms with van der Waals surface area (Å²) in [6.45, 7) is 3.83. The van der Waals surface area contributed by atoms with Crippen molar-refractivity contribution in [1.82, 2.24) is 20.6 Å². The maximum Gasteiger partial charge on any atom is 0.221 e. The zero-order valence-electron chi connectivity index (χ0n) is 8.86. The van der Waals surface area contributed by atoms with Gasteiger partial charge in [0.25, 0.3) is 0 Å². The highest BCUT2D eigenvalue weighted by molar-refractivity contribution is 5.75. The molecule has 1 aromatic rings. The molecule has 0 fully saturated rings.